The molecule has 0 saturated carbocycles. The normalized spacial score (nSPS) is 13.2. The van der Waals surface area contributed by atoms with Crippen LogP contribution >= 0.6 is 0 Å². The van der Waals surface area contributed by atoms with Gasteiger partial charge >= 0.3 is 11.9 Å². The lowest BCUT2D eigenvalue weighted by Crippen LogP contribution is -2.45. The molecule has 20 heavy (non-hydrogen) atoms. The lowest BCUT2D eigenvalue weighted by atomic mass is 9.75. The summed E-state index contributed by atoms with van der Waals surface area (Å²) in [6, 6.07) is 0. The fourth-order valence-electron chi connectivity index (χ4n) is 2.31. The number of carbonyl (C=O) groups excluding carboxylic acids is 2. The first-order valence-corrected chi connectivity index (χ1v) is 7.21. The van der Waals surface area contributed by atoms with Crippen molar-refractivity contribution < 1.29 is 23.8 Å². The molecular weight excluding hydrogens is 260 g/mol. The fraction of sp³-hybridized carbons (Fsp3) is 0.867. The number of carbonyl (C=O) groups is 2. The fourth-order valence-corrected chi connectivity index (χ4v) is 2.31. The van der Waals surface area contributed by atoms with Crippen LogP contribution in [-0.2, 0) is 23.8 Å². The van der Waals surface area contributed by atoms with Crippen LogP contribution in [0.4, 0.5) is 0 Å². The van der Waals surface area contributed by atoms with Crippen LogP contribution in [-0.4, -0.2) is 38.4 Å². The predicted octanol–water partition coefficient (Wildman–Crippen LogP) is 2.57. The van der Waals surface area contributed by atoms with Crippen molar-refractivity contribution in [2.45, 2.75) is 53.6 Å². The number of hydrogen-bond acceptors (Lipinski definition) is 5. The van der Waals surface area contributed by atoms with E-state index in [0.717, 1.165) is 0 Å². The summed E-state index contributed by atoms with van der Waals surface area (Å²) in [5.41, 5.74) is -1.28. The van der Waals surface area contributed by atoms with Crippen molar-refractivity contribution in [2.75, 3.05) is 20.3 Å². The number of methoxy groups -OCH3 is 1. The first kappa shape index (κ1) is 18.9. The summed E-state index contributed by atoms with van der Waals surface area (Å²) in [7, 11) is 1.56. The van der Waals surface area contributed by atoms with E-state index in [0.29, 0.717) is 6.42 Å². The van der Waals surface area contributed by atoms with Crippen molar-refractivity contribution in [1.82, 2.24) is 0 Å². The summed E-state index contributed by atoms with van der Waals surface area (Å²) in [4.78, 5) is 24.8. The molecule has 0 spiro atoms. The molecule has 0 aromatic heterocycles. The zero-order valence-electron chi connectivity index (χ0n) is 13.5. The van der Waals surface area contributed by atoms with Crippen molar-refractivity contribution in [1.29, 1.82) is 0 Å². The van der Waals surface area contributed by atoms with Crippen molar-refractivity contribution in [2.24, 2.45) is 11.3 Å². The molecule has 0 aliphatic heterocycles. The lowest BCUT2D eigenvalue weighted by Gasteiger charge is -2.32. The van der Waals surface area contributed by atoms with Crippen molar-refractivity contribution in [3.8, 4) is 0 Å². The Morgan fingerprint density at radius 2 is 1.40 bits per heavy atom. The van der Waals surface area contributed by atoms with E-state index in [-0.39, 0.29) is 31.7 Å². The molecule has 0 bridgehead atoms. The quantitative estimate of drug-likeness (QED) is 0.482. The summed E-state index contributed by atoms with van der Waals surface area (Å²) in [5.74, 6) is -0.875. The maximum atomic E-state index is 12.4. The monoisotopic (exact) mass is 288 g/mol. The Morgan fingerprint density at radius 1 is 0.950 bits per heavy atom. The minimum Gasteiger partial charge on any atom is -0.465 e. The second-order valence-electron chi connectivity index (χ2n) is 5.37. The molecule has 5 heteroatoms. The molecule has 5 nitrogen and oxygen atoms in total. The molecule has 0 saturated heterocycles. The Labute approximate surface area is 122 Å². The molecule has 0 N–H and O–H groups in total. The smallest absolute Gasteiger partial charge is 0.323 e. The van der Waals surface area contributed by atoms with Crippen LogP contribution in [0.3, 0.4) is 0 Å². The average molecular weight is 288 g/mol. The van der Waals surface area contributed by atoms with Crippen LogP contribution in [0.5, 0.6) is 0 Å². The third-order valence-corrected chi connectivity index (χ3v) is 3.13. The highest BCUT2D eigenvalue weighted by Gasteiger charge is 2.50. The number of ether oxygens (including phenoxy) is 3. The molecule has 118 valence electrons. The highest BCUT2D eigenvalue weighted by atomic mass is 16.6. The Bertz CT molecular complexity index is 293. The maximum Gasteiger partial charge on any atom is 0.323 e. The van der Waals surface area contributed by atoms with E-state index in [4.69, 9.17) is 14.2 Å². The molecule has 0 heterocycles. The largest absolute Gasteiger partial charge is 0.465 e. The minimum atomic E-state index is -1.28. The zero-order valence-corrected chi connectivity index (χ0v) is 13.5. The highest BCUT2D eigenvalue weighted by molar-refractivity contribution is 6.00. The van der Waals surface area contributed by atoms with E-state index in [1.54, 1.807) is 21.0 Å². The van der Waals surface area contributed by atoms with Crippen LogP contribution < -0.4 is 0 Å². The van der Waals surface area contributed by atoms with Gasteiger partial charge in [0.05, 0.1) is 19.3 Å². The maximum absolute atomic E-state index is 12.4. The molecule has 0 aliphatic carbocycles. The van der Waals surface area contributed by atoms with Crippen LogP contribution in [0.2, 0.25) is 0 Å². The summed E-state index contributed by atoms with van der Waals surface area (Å²) in [6.07, 6.45) is 0.417. The summed E-state index contributed by atoms with van der Waals surface area (Å²) in [5, 5.41) is 0. The van der Waals surface area contributed by atoms with Crippen LogP contribution in [0, 0.1) is 11.3 Å². The van der Waals surface area contributed by atoms with Gasteiger partial charge in [0.2, 0.25) is 0 Å². The van der Waals surface area contributed by atoms with Gasteiger partial charge in [-0.2, -0.15) is 0 Å². The molecule has 1 atom stereocenters. The number of esters is 2. The second-order valence-corrected chi connectivity index (χ2v) is 5.37. The molecule has 1 unspecified atom stereocenters. The van der Waals surface area contributed by atoms with Gasteiger partial charge < -0.3 is 14.2 Å². The van der Waals surface area contributed by atoms with Crippen molar-refractivity contribution >= 4 is 11.9 Å². The second kappa shape index (κ2) is 8.95. The van der Waals surface area contributed by atoms with E-state index < -0.39 is 17.4 Å². The topological polar surface area (TPSA) is 61.8 Å². The van der Waals surface area contributed by atoms with Gasteiger partial charge in [-0.25, -0.2) is 0 Å². The highest BCUT2D eigenvalue weighted by Crippen LogP contribution is 2.36. The first-order valence-electron chi connectivity index (χ1n) is 7.21. The standard InChI is InChI=1S/C15H28O5/c1-7-19-13(16)15(9-11(3)4,10-12(5)18-6)14(17)20-8-2/h11-12H,7-10H2,1-6H3. The van der Waals surface area contributed by atoms with Crippen molar-refractivity contribution in [3.63, 3.8) is 0 Å². The van der Waals surface area contributed by atoms with Gasteiger partial charge in [-0.1, -0.05) is 13.8 Å². The third kappa shape index (κ3) is 5.12. The molecular formula is C15H28O5. The van der Waals surface area contributed by atoms with Gasteiger partial charge in [0.25, 0.3) is 0 Å². The Hall–Kier alpha value is -1.10. The van der Waals surface area contributed by atoms with E-state index in [1.165, 1.54) is 0 Å². The summed E-state index contributed by atoms with van der Waals surface area (Å²) >= 11 is 0. The summed E-state index contributed by atoms with van der Waals surface area (Å²) in [6.45, 7) is 9.67. The van der Waals surface area contributed by atoms with E-state index in [1.807, 2.05) is 20.8 Å². The van der Waals surface area contributed by atoms with Gasteiger partial charge in [-0.3, -0.25) is 9.59 Å². The van der Waals surface area contributed by atoms with Gasteiger partial charge in [0, 0.05) is 13.5 Å². The molecule has 0 aromatic rings. The number of rotatable bonds is 9. The zero-order chi connectivity index (χ0) is 15.8. The van der Waals surface area contributed by atoms with Crippen LogP contribution in [0.15, 0.2) is 0 Å². The minimum absolute atomic E-state index is 0.160. The van der Waals surface area contributed by atoms with Gasteiger partial charge in [0.1, 0.15) is 0 Å². The predicted molar refractivity (Wildman–Crippen MR) is 76.2 cm³/mol. The van der Waals surface area contributed by atoms with E-state index in [2.05, 4.69) is 0 Å². The summed E-state index contributed by atoms with van der Waals surface area (Å²) < 4.78 is 15.5. The van der Waals surface area contributed by atoms with Gasteiger partial charge in [-0.15, -0.1) is 0 Å². The Balaban J connectivity index is 5.48. The molecule has 0 rings (SSSR count). The van der Waals surface area contributed by atoms with Gasteiger partial charge in [-0.05, 0) is 33.1 Å². The number of hydrogen-bond donors (Lipinski definition) is 0. The van der Waals surface area contributed by atoms with Gasteiger partial charge in [0.15, 0.2) is 5.41 Å². The lowest BCUT2D eigenvalue weighted by molar-refractivity contribution is -0.176. The molecule has 0 fully saturated rings. The molecule has 0 amide bonds. The SMILES string of the molecule is CCOC(=O)C(CC(C)C)(CC(C)OC)C(=O)OCC. The average Bonchev–Trinajstić information content (AvgIpc) is 2.37. The Kier molecular flexibility index (Phi) is 8.46. The molecule has 0 aromatic carbocycles. The van der Waals surface area contributed by atoms with Crippen LogP contribution in [0.1, 0.15) is 47.5 Å². The first-order chi connectivity index (χ1) is 9.33. The molecule has 0 aliphatic rings. The van der Waals surface area contributed by atoms with Crippen molar-refractivity contribution in [3.05, 3.63) is 0 Å². The van der Waals surface area contributed by atoms with E-state index in [9.17, 15) is 9.59 Å². The van der Waals surface area contributed by atoms with E-state index >= 15 is 0 Å². The van der Waals surface area contributed by atoms with Crippen LogP contribution in [0.25, 0.3) is 0 Å². The molecule has 0 radical (unpaired) electrons. The third-order valence-electron chi connectivity index (χ3n) is 3.13. The Morgan fingerprint density at radius 3 is 1.70 bits per heavy atom.